The summed E-state index contributed by atoms with van der Waals surface area (Å²) in [6.07, 6.45) is 0. The van der Waals surface area contributed by atoms with E-state index in [1.165, 1.54) is 11.3 Å². The Labute approximate surface area is 139 Å². The molecule has 0 fully saturated rings. The second-order valence-corrected chi connectivity index (χ2v) is 5.58. The third-order valence-corrected chi connectivity index (χ3v) is 4.12. The third-order valence-electron chi connectivity index (χ3n) is 3.17. The Morgan fingerprint density at radius 3 is 2.65 bits per heavy atom. The van der Waals surface area contributed by atoms with Crippen LogP contribution in [0.1, 0.15) is 6.92 Å². The number of methoxy groups -OCH3 is 2. The normalized spacial score (nSPS) is 10.3. The van der Waals surface area contributed by atoms with Crippen LogP contribution in [-0.4, -0.2) is 45.4 Å². The minimum absolute atomic E-state index is 0.173. The Morgan fingerprint density at radius 2 is 2.00 bits per heavy atom. The summed E-state index contributed by atoms with van der Waals surface area (Å²) in [5, 5.41) is 2.70. The quantitative estimate of drug-likeness (QED) is 0.725. The van der Waals surface area contributed by atoms with Crippen LogP contribution in [0.15, 0.2) is 23.6 Å². The lowest BCUT2D eigenvalue weighted by molar-refractivity contribution is -0.141. The Bertz CT molecular complexity index is 672. The van der Waals surface area contributed by atoms with Gasteiger partial charge in [-0.3, -0.25) is 4.79 Å². The number of thiazole rings is 1. The molecule has 0 N–H and O–H groups in total. The van der Waals surface area contributed by atoms with Crippen molar-refractivity contribution in [2.45, 2.75) is 6.92 Å². The zero-order valence-corrected chi connectivity index (χ0v) is 14.5. The van der Waals surface area contributed by atoms with Gasteiger partial charge in [-0.15, -0.1) is 11.3 Å². The SMILES string of the molecule is CCOC(=O)CN(C)c1nc(-c2ccc(OC)c(OC)c2)cs1. The first-order valence-corrected chi connectivity index (χ1v) is 8.01. The molecule has 0 aliphatic heterocycles. The number of aromatic nitrogens is 1. The minimum Gasteiger partial charge on any atom is -0.493 e. The largest absolute Gasteiger partial charge is 0.493 e. The number of esters is 1. The Morgan fingerprint density at radius 1 is 1.26 bits per heavy atom. The van der Waals surface area contributed by atoms with Crippen molar-refractivity contribution in [3.8, 4) is 22.8 Å². The zero-order valence-electron chi connectivity index (χ0n) is 13.7. The molecule has 124 valence electrons. The summed E-state index contributed by atoms with van der Waals surface area (Å²) in [6.45, 7) is 2.34. The van der Waals surface area contributed by atoms with E-state index in [1.807, 2.05) is 30.6 Å². The number of carbonyl (C=O) groups is 1. The molecule has 2 aromatic rings. The molecule has 0 saturated heterocycles. The number of carbonyl (C=O) groups excluding carboxylic acids is 1. The highest BCUT2D eigenvalue weighted by Crippen LogP contribution is 2.34. The molecule has 1 aromatic heterocycles. The molecular formula is C16H20N2O4S. The molecule has 0 spiro atoms. The highest BCUT2D eigenvalue weighted by molar-refractivity contribution is 7.14. The minimum atomic E-state index is -0.266. The number of rotatable bonds is 7. The van der Waals surface area contributed by atoms with E-state index >= 15 is 0 Å². The predicted octanol–water partition coefficient (Wildman–Crippen LogP) is 2.83. The lowest BCUT2D eigenvalue weighted by atomic mass is 10.1. The van der Waals surface area contributed by atoms with Crippen molar-refractivity contribution in [3.05, 3.63) is 23.6 Å². The molecule has 1 aromatic carbocycles. The Kier molecular flexibility index (Phi) is 5.81. The van der Waals surface area contributed by atoms with Crippen LogP contribution in [0, 0.1) is 0 Å². The molecule has 0 aliphatic rings. The van der Waals surface area contributed by atoms with E-state index in [0.717, 1.165) is 16.4 Å². The molecule has 0 aliphatic carbocycles. The fourth-order valence-electron chi connectivity index (χ4n) is 2.04. The van der Waals surface area contributed by atoms with Gasteiger partial charge < -0.3 is 19.1 Å². The van der Waals surface area contributed by atoms with Crippen molar-refractivity contribution < 1.29 is 19.0 Å². The number of likely N-dealkylation sites (N-methyl/N-ethyl adjacent to an activating group) is 1. The molecule has 7 heteroatoms. The van der Waals surface area contributed by atoms with E-state index in [1.54, 1.807) is 26.0 Å². The summed E-state index contributed by atoms with van der Waals surface area (Å²) in [5.74, 6) is 1.06. The summed E-state index contributed by atoms with van der Waals surface area (Å²) in [4.78, 5) is 17.9. The van der Waals surface area contributed by atoms with Gasteiger partial charge >= 0.3 is 5.97 Å². The molecule has 1 heterocycles. The molecule has 0 saturated carbocycles. The second-order valence-electron chi connectivity index (χ2n) is 4.75. The van der Waals surface area contributed by atoms with Gasteiger partial charge in [-0.05, 0) is 25.1 Å². The maximum absolute atomic E-state index is 11.5. The van der Waals surface area contributed by atoms with Crippen LogP contribution in [0.2, 0.25) is 0 Å². The lowest BCUT2D eigenvalue weighted by Crippen LogP contribution is -2.26. The van der Waals surface area contributed by atoms with E-state index < -0.39 is 0 Å². The summed E-state index contributed by atoms with van der Waals surface area (Å²) in [5.41, 5.74) is 1.75. The van der Waals surface area contributed by atoms with E-state index in [-0.39, 0.29) is 12.5 Å². The molecule has 0 unspecified atom stereocenters. The summed E-state index contributed by atoms with van der Waals surface area (Å²) in [6, 6.07) is 5.64. The Balaban J connectivity index is 2.17. The maximum Gasteiger partial charge on any atom is 0.325 e. The van der Waals surface area contributed by atoms with Crippen molar-refractivity contribution in [3.63, 3.8) is 0 Å². The third kappa shape index (κ3) is 4.13. The zero-order chi connectivity index (χ0) is 16.8. The average Bonchev–Trinajstić information content (AvgIpc) is 3.04. The summed E-state index contributed by atoms with van der Waals surface area (Å²) < 4.78 is 15.5. The highest BCUT2D eigenvalue weighted by atomic mass is 32.1. The van der Waals surface area contributed by atoms with Crippen molar-refractivity contribution in [1.82, 2.24) is 4.98 Å². The molecule has 0 amide bonds. The number of hydrogen-bond acceptors (Lipinski definition) is 7. The monoisotopic (exact) mass is 336 g/mol. The van der Waals surface area contributed by atoms with Gasteiger partial charge in [0.05, 0.1) is 26.5 Å². The number of ether oxygens (including phenoxy) is 3. The smallest absolute Gasteiger partial charge is 0.325 e. The first-order chi connectivity index (χ1) is 11.1. The van der Waals surface area contributed by atoms with E-state index in [4.69, 9.17) is 14.2 Å². The second kappa shape index (κ2) is 7.82. The molecular weight excluding hydrogens is 316 g/mol. The highest BCUT2D eigenvalue weighted by Gasteiger charge is 2.14. The lowest BCUT2D eigenvalue weighted by Gasteiger charge is -2.14. The van der Waals surface area contributed by atoms with Crippen LogP contribution in [0.3, 0.4) is 0 Å². The average molecular weight is 336 g/mol. The molecule has 2 rings (SSSR count). The topological polar surface area (TPSA) is 60.9 Å². The van der Waals surface area contributed by atoms with Crippen LogP contribution in [0.25, 0.3) is 11.3 Å². The van der Waals surface area contributed by atoms with E-state index in [0.29, 0.717) is 18.1 Å². The van der Waals surface area contributed by atoms with Crippen LogP contribution >= 0.6 is 11.3 Å². The molecule has 0 atom stereocenters. The molecule has 0 radical (unpaired) electrons. The van der Waals surface area contributed by atoms with Crippen LogP contribution < -0.4 is 14.4 Å². The number of hydrogen-bond donors (Lipinski definition) is 0. The van der Waals surface area contributed by atoms with Gasteiger partial charge in [-0.2, -0.15) is 0 Å². The van der Waals surface area contributed by atoms with Crippen molar-refractivity contribution in [2.24, 2.45) is 0 Å². The summed E-state index contributed by atoms with van der Waals surface area (Å²) in [7, 11) is 5.01. The first-order valence-electron chi connectivity index (χ1n) is 7.13. The number of benzene rings is 1. The fraction of sp³-hybridized carbons (Fsp3) is 0.375. The molecule has 23 heavy (non-hydrogen) atoms. The fourth-order valence-corrected chi connectivity index (χ4v) is 2.84. The number of nitrogens with zero attached hydrogens (tertiary/aromatic N) is 2. The maximum atomic E-state index is 11.5. The van der Waals surface area contributed by atoms with Crippen molar-refractivity contribution in [1.29, 1.82) is 0 Å². The summed E-state index contributed by atoms with van der Waals surface area (Å²) >= 11 is 1.47. The van der Waals surface area contributed by atoms with Gasteiger partial charge in [0.15, 0.2) is 16.6 Å². The van der Waals surface area contributed by atoms with Gasteiger partial charge in [0.25, 0.3) is 0 Å². The molecule has 0 bridgehead atoms. The van der Waals surface area contributed by atoms with Crippen LogP contribution in [-0.2, 0) is 9.53 Å². The van der Waals surface area contributed by atoms with Crippen molar-refractivity contribution >= 4 is 22.4 Å². The van der Waals surface area contributed by atoms with Gasteiger partial charge in [0.1, 0.15) is 6.54 Å². The van der Waals surface area contributed by atoms with E-state index in [2.05, 4.69) is 4.98 Å². The van der Waals surface area contributed by atoms with Crippen molar-refractivity contribution in [2.75, 3.05) is 39.3 Å². The Hall–Kier alpha value is -2.28. The van der Waals surface area contributed by atoms with Gasteiger partial charge in [0.2, 0.25) is 0 Å². The van der Waals surface area contributed by atoms with E-state index in [9.17, 15) is 4.79 Å². The van der Waals surface area contributed by atoms with Crippen LogP contribution in [0.5, 0.6) is 11.5 Å². The standard InChI is InChI=1S/C16H20N2O4S/c1-5-22-15(19)9-18(2)16-17-12(10-23-16)11-6-7-13(20-3)14(8-11)21-4/h6-8,10H,5,9H2,1-4H3. The van der Waals surface area contributed by atoms with Gasteiger partial charge in [0, 0.05) is 18.0 Å². The van der Waals surface area contributed by atoms with Gasteiger partial charge in [-0.25, -0.2) is 4.98 Å². The number of anilines is 1. The molecule has 6 nitrogen and oxygen atoms in total. The van der Waals surface area contributed by atoms with Gasteiger partial charge in [-0.1, -0.05) is 0 Å². The predicted molar refractivity (Wildman–Crippen MR) is 90.6 cm³/mol. The first kappa shape index (κ1) is 17.1. The van der Waals surface area contributed by atoms with Crippen LogP contribution in [0.4, 0.5) is 5.13 Å².